The summed E-state index contributed by atoms with van der Waals surface area (Å²) in [6, 6.07) is 63.9. The molecule has 0 unspecified atom stereocenters. The van der Waals surface area contributed by atoms with Gasteiger partial charge in [-0.15, -0.1) is 0 Å². The van der Waals surface area contributed by atoms with E-state index in [9.17, 15) is 8.78 Å². The minimum absolute atomic E-state index is 0.294. The monoisotopic (exact) mass is 717 g/mol. The average molecular weight is 718 g/mol. The molecular formula is C49H33F2N3O. The number of benzene rings is 8. The van der Waals surface area contributed by atoms with Crippen LogP contribution in [0, 0.1) is 11.6 Å². The second-order valence-corrected chi connectivity index (χ2v) is 13.2. The zero-order valence-corrected chi connectivity index (χ0v) is 29.6. The van der Waals surface area contributed by atoms with Crippen molar-refractivity contribution in [1.29, 1.82) is 0 Å². The molecule has 8 aromatic carbocycles. The summed E-state index contributed by atoms with van der Waals surface area (Å²) in [6.45, 7) is 0. The van der Waals surface area contributed by atoms with Crippen LogP contribution in [0.3, 0.4) is 0 Å². The van der Waals surface area contributed by atoms with E-state index in [1.807, 2.05) is 97.1 Å². The van der Waals surface area contributed by atoms with Gasteiger partial charge in [0.05, 0.1) is 0 Å². The molecule has 0 atom stereocenters. The molecule has 0 saturated carbocycles. The number of hydrogen-bond donors (Lipinski definition) is 0. The van der Waals surface area contributed by atoms with Gasteiger partial charge < -0.3 is 14.2 Å². The van der Waals surface area contributed by atoms with Crippen molar-refractivity contribution in [3.05, 3.63) is 212 Å². The predicted molar refractivity (Wildman–Crippen MR) is 220 cm³/mol. The molecule has 4 nitrogen and oxygen atoms in total. The molecule has 0 amide bonds. The first kappa shape index (κ1) is 33.5. The van der Waals surface area contributed by atoms with Gasteiger partial charge in [-0.1, -0.05) is 84.9 Å². The Morgan fingerprint density at radius 2 is 0.764 bits per heavy atom. The second kappa shape index (κ2) is 14.6. The molecule has 0 fully saturated rings. The van der Waals surface area contributed by atoms with Gasteiger partial charge in [-0.05, 0) is 131 Å². The number of nitrogens with zero attached hydrogens (tertiary/aromatic N) is 3. The highest BCUT2D eigenvalue weighted by molar-refractivity contribution is 5.87. The lowest BCUT2D eigenvalue weighted by molar-refractivity contribution is 0.620. The number of hydrogen-bond acceptors (Lipinski definition) is 4. The number of oxazole rings is 1. The molecule has 0 aliphatic carbocycles. The summed E-state index contributed by atoms with van der Waals surface area (Å²) in [5, 5.41) is 0. The van der Waals surface area contributed by atoms with Gasteiger partial charge in [0.25, 0.3) is 0 Å². The largest absolute Gasteiger partial charge is 0.436 e. The van der Waals surface area contributed by atoms with Gasteiger partial charge in [0.15, 0.2) is 5.58 Å². The van der Waals surface area contributed by atoms with E-state index in [0.29, 0.717) is 17.0 Å². The lowest BCUT2D eigenvalue weighted by Crippen LogP contribution is -2.10. The highest BCUT2D eigenvalue weighted by atomic mass is 19.1. The molecule has 264 valence electrons. The quantitative estimate of drug-likeness (QED) is 0.149. The van der Waals surface area contributed by atoms with E-state index in [1.165, 1.54) is 24.3 Å². The fourth-order valence-corrected chi connectivity index (χ4v) is 6.91. The molecule has 0 spiro atoms. The summed E-state index contributed by atoms with van der Waals surface area (Å²) >= 11 is 0. The molecule has 9 aromatic rings. The maximum absolute atomic E-state index is 14.1. The van der Waals surface area contributed by atoms with Gasteiger partial charge >= 0.3 is 0 Å². The third-order valence-electron chi connectivity index (χ3n) is 9.60. The van der Waals surface area contributed by atoms with E-state index in [4.69, 9.17) is 9.40 Å². The molecule has 0 bridgehead atoms. The molecular weight excluding hydrogens is 685 g/mol. The third kappa shape index (κ3) is 6.97. The number of anilines is 6. The second-order valence-electron chi connectivity index (χ2n) is 13.2. The summed E-state index contributed by atoms with van der Waals surface area (Å²) in [4.78, 5) is 9.03. The van der Waals surface area contributed by atoms with E-state index in [0.717, 1.165) is 61.9 Å². The average Bonchev–Trinajstić information content (AvgIpc) is 3.67. The van der Waals surface area contributed by atoms with E-state index in [2.05, 4.69) is 64.4 Å². The summed E-state index contributed by atoms with van der Waals surface area (Å²) in [5.74, 6) is -0.111. The Morgan fingerprint density at radius 1 is 0.345 bits per heavy atom. The minimum atomic E-state index is -0.301. The van der Waals surface area contributed by atoms with Crippen LogP contribution in [0.25, 0.3) is 44.8 Å². The maximum atomic E-state index is 14.1. The van der Waals surface area contributed by atoms with Gasteiger partial charge in [0.2, 0.25) is 5.89 Å². The first-order valence-corrected chi connectivity index (χ1v) is 18.0. The predicted octanol–water partition coefficient (Wildman–Crippen LogP) is 14.0. The fraction of sp³-hybridized carbons (Fsp3) is 0. The Morgan fingerprint density at radius 3 is 1.27 bits per heavy atom. The van der Waals surface area contributed by atoms with Crippen molar-refractivity contribution in [1.82, 2.24) is 4.98 Å². The first-order valence-electron chi connectivity index (χ1n) is 18.0. The summed E-state index contributed by atoms with van der Waals surface area (Å²) < 4.78 is 34.6. The van der Waals surface area contributed by atoms with Gasteiger partial charge in [0, 0.05) is 45.8 Å². The number of aromatic nitrogens is 1. The molecule has 0 aliphatic rings. The van der Waals surface area contributed by atoms with Gasteiger partial charge in [-0.25, -0.2) is 13.8 Å². The Labute approximate surface area is 317 Å². The highest BCUT2D eigenvalue weighted by Crippen LogP contribution is 2.40. The summed E-state index contributed by atoms with van der Waals surface area (Å²) in [7, 11) is 0. The Balaban J connectivity index is 1.06. The number of halogens is 2. The van der Waals surface area contributed by atoms with Crippen LogP contribution in [0.4, 0.5) is 42.9 Å². The first-order chi connectivity index (χ1) is 27.1. The topological polar surface area (TPSA) is 32.5 Å². The van der Waals surface area contributed by atoms with Crippen LogP contribution < -0.4 is 9.80 Å². The van der Waals surface area contributed by atoms with Crippen LogP contribution in [-0.4, -0.2) is 4.98 Å². The molecule has 9 rings (SSSR count). The van der Waals surface area contributed by atoms with Crippen molar-refractivity contribution < 1.29 is 13.2 Å². The van der Waals surface area contributed by atoms with E-state index >= 15 is 0 Å². The van der Waals surface area contributed by atoms with Crippen LogP contribution in [-0.2, 0) is 0 Å². The van der Waals surface area contributed by atoms with Crippen molar-refractivity contribution in [2.75, 3.05) is 9.80 Å². The van der Waals surface area contributed by atoms with E-state index < -0.39 is 0 Å². The standard InChI is InChI=1S/C49H33F2N3O/c50-39-19-25-42(26-20-39)53(44-15-7-13-37(31-44)34-9-3-1-4-10-34)41-23-17-36(18-24-41)49-52-47-30-29-46(33-48(47)55-49)54(43-27-21-40(51)22-28-43)45-16-8-14-38(32-45)35-11-5-2-6-12-35/h1-33H. The fourth-order valence-electron chi connectivity index (χ4n) is 6.91. The molecule has 6 heteroatoms. The van der Waals surface area contributed by atoms with Crippen molar-refractivity contribution in [2.45, 2.75) is 0 Å². The van der Waals surface area contributed by atoms with Gasteiger partial charge in [0.1, 0.15) is 17.2 Å². The third-order valence-corrected chi connectivity index (χ3v) is 9.60. The van der Waals surface area contributed by atoms with E-state index in [-0.39, 0.29) is 11.6 Å². The normalized spacial score (nSPS) is 11.1. The van der Waals surface area contributed by atoms with Crippen LogP contribution in [0.15, 0.2) is 205 Å². The SMILES string of the molecule is Fc1ccc(N(c2ccc(-c3nc4ccc(N(c5ccc(F)cc5)c5cccc(-c6ccccc6)c5)cc4o3)cc2)c2cccc(-c3ccccc3)c2)cc1. The molecule has 0 radical (unpaired) electrons. The van der Waals surface area contributed by atoms with Crippen molar-refractivity contribution in [2.24, 2.45) is 0 Å². The van der Waals surface area contributed by atoms with Gasteiger partial charge in [-0.2, -0.15) is 0 Å². The van der Waals surface area contributed by atoms with Crippen molar-refractivity contribution in [3.63, 3.8) is 0 Å². The highest BCUT2D eigenvalue weighted by Gasteiger charge is 2.18. The minimum Gasteiger partial charge on any atom is -0.436 e. The zero-order chi connectivity index (χ0) is 37.1. The summed E-state index contributed by atoms with van der Waals surface area (Å²) in [5.41, 5.74) is 11.7. The lowest BCUT2D eigenvalue weighted by Gasteiger charge is -2.26. The molecule has 0 N–H and O–H groups in total. The van der Waals surface area contributed by atoms with Crippen molar-refractivity contribution in [3.8, 4) is 33.7 Å². The Kier molecular flexibility index (Phi) is 8.90. The van der Waals surface area contributed by atoms with Crippen LogP contribution in [0.2, 0.25) is 0 Å². The van der Waals surface area contributed by atoms with E-state index in [1.54, 1.807) is 24.3 Å². The van der Waals surface area contributed by atoms with Crippen LogP contribution >= 0.6 is 0 Å². The lowest BCUT2D eigenvalue weighted by atomic mass is 10.0. The van der Waals surface area contributed by atoms with Crippen LogP contribution in [0.5, 0.6) is 0 Å². The van der Waals surface area contributed by atoms with Gasteiger partial charge in [-0.3, -0.25) is 0 Å². The Hall–Kier alpha value is -7.31. The molecule has 0 saturated heterocycles. The number of fused-ring (bicyclic) bond motifs is 1. The molecule has 0 aliphatic heterocycles. The maximum Gasteiger partial charge on any atom is 0.227 e. The smallest absolute Gasteiger partial charge is 0.227 e. The van der Waals surface area contributed by atoms with Crippen LogP contribution in [0.1, 0.15) is 0 Å². The molecule has 1 heterocycles. The molecule has 1 aromatic heterocycles. The zero-order valence-electron chi connectivity index (χ0n) is 29.6. The molecule has 55 heavy (non-hydrogen) atoms. The summed E-state index contributed by atoms with van der Waals surface area (Å²) in [6.07, 6.45) is 0. The Bertz CT molecular complexity index is 2710. The number of rotatable bonds is 9. The van der Waals surface area contributed by atoms with Crippen molar-refractivity contribution >= 4 is 45.2 Å².